The smallest absolute Gasteiger partial charge is 0.263 e. The highest BCUT2D eigenvalue weighted by atomic mass is 79.9. The number of hydrogen-bond donors (Lipinski definition) is 0. The van der Waals surface area contributed by atoms with E-state index in [0.29, 0.717) is 6.54 Å². The van der Waals surface area contributed by atoms with Gasteiger partial charge in [0.1, 0.15) is 0 Å². The van der Waals surface area contributed by atoms with E-state index in [1.54, 1.807) is 25.5 Å². The van der Waals surface area contributed by atoms with Crippen molar-refractivity contribution < 1.29 is 8.42 Å². The maximum atomic E-state index is 12.9. The molecular weight excluding hydrogens is 358 g/mol. The average Bonchev–Trinajstić information content (AvgIpc) is 3.22. The first-order valence-corrected chi connectivity index (χ1v) is 8.69. The number of hydrogen-bond acceptors (Lipinski definition) is 5. The first-order chi connectivity index (χ1) is 10.00. The van der Waals surface area contributed by atoms with E-state index in [1.165, 1.54) is 8.99 Å². The van der Waals surface area contributed by atoms with Crippen molar-refractivity contribution in [1.82, 2.24) is 24.3 Å². The molecule has 0 aromatic carbocycles. The van der Waals surface area contributed by atoms with Gasteiger partial charge in [-0.2, -0.15) is 4.31 Å². The quantitative estimate of drug-likeness (QED) is 0.791. The summed E-state index contributed by atoms with van der Waals surface area (Å²) in [6, 6.07) is 3.71. The second-order valence-electron chi connectivity index (χ2n) is 4.95. The molecule has 0 aliphatic heterocycles. The van der Waals surface area contributed by atoms with Crippen molar-refractivity contribution in [3.63, 3.8) is 0 Å². The normalized spacial score (nSPS) is 15.6. The first-order valence-electron chi connectivity index (χ1n) is 6.46. The minimum Gasteiger partial charge on any atom is -0.264 e. The molecule has 7 nitrogen and oxygen atoms in total. The Balaban J connectivity index is 1.97. The predicted molar refractivity (Wildman–Crippen MR) is 78.7 cm³/mol. The third kappa shape index (κ3) is 2.85. The van der Waals surface area contributed by atoms with E-state index in [1.807, 2.05) is 6.07 Å². The number of pyridine rings is 1. The van der Waals surface area contributed by atoms with Crippen molar-refractivity contribution >= 4 is 26.0 Å². The van der Waals surface area contributed by atoms with Gasteiger partial charge in [-0.25, -0.2) is 13.1 Å². The van der Waals surface area contributed by atoms with Crippen LogP contribution >= 0.6 is 15.9 Å². The molecule has 9 heteroatoms. The number of nitrogens with zero attached hydrogens (tertiary/aromatic N) is 5. The van der Waals surface area contributed by atoms with E-state index in [2.05, 4.69) is 31.2 Å². The summed E-state index contributed by atoms with van der Waals surface area (Å²) < 4.78 is 28.8. The molecule has 0 saturated heterocycles. The van der Waals surface area contributed by atoms with Crippen LogP contribution in [0.4, 0.5) is 0 Å². The molecule has 0 N–H and O–H groups in total. The lowest BCUT2D eigenvalue weighted by molar-refractivity contribution is 0.392. The Hall–Kier alpha value is -1.32. The molecule has 0 amide bonds. The maximum Gasteiger partial charge on any atom is 0.263 e. The van der Waals surface area contributed by atoms with Crippen LogP contribution in [-0.4, -0.2) is 38.7 Å². The summed E-state index contributed by atoms with van der Waals surface area (Å²) in [6.07, 6.45) is 5.10. The molecule has 112 valence electrons. The lowest BCUT2D eigenvalue weighted by Gasteiger charge is -2.21. The second kappa shape index (κ2) is 5.47. The van der Waals surface area contributed by atoms with Gasteiger partial charge in [-0.15, -0.1) is 5.10 Å². The number of aromatic nitrogens is 4. The molecule has 2 aromatic heterocycles. The average molecular weight is 372 g/mol. The van der Waals surface area contributed by atoms with Gasteiger partial charge in [0.2, 0.25) is 5.03 Å². The molecule has 0 radical (unpaired) electrons. The molecule has 0 bridgehead atoms. The maximum absolute atomic E-state index is 12.9. The van der Waals surface area contributed by atoms with E-state index in [-0.39, 0.29) is 15.7 Å². The van der Waals surface area contributed by atoms with Crippen LogP contribution in [0.25, 0.3) is 0 Å². The van der Waals surface area contributed by atoms with Crippen LogP contribution in [0.15, 0.2) is 34.2 Å². The summed E-state index contributed by atoms with van der Waals surface area (Å²) >= 11 is 3.16. The van der Waals surface area contributed by atoms with Crippen LogP contribution in [0.3, 0.4) is 0 Å². The summed E-state index contributed by atoms with van der Waals surface area (Å²) in [7, 11) is -2.09. The third-order valence-corrected chi connectivity index (χ3v) is 6.09. The fourth-order valence-corrected chi connectivity index (χ4v) is 4.86. The first kappa shape index (κ1) is 14.6. The predicted octanol–water partition coefficient (Wildman–Crippen LogP) is 1.33. The molecular formula is C12H14BrN5O2S. The van der Waals surface area contributed by atoms with Crippen molar-refractivity contribution in [3.8, 4) is 0 Å². The standard InChI is InChI=1S/C12H14BrN5O2S/c1-17-12(11(13)15-16-17)21(19,20)18(10-4-5-10)8-9-3-2-6-14-7-9/h2-3,6-7,10H,4-5,8H2,1H3. The van der Waals surface area contributed by atoms with Crippen LogP contribution in [-0.2, 0) is 23.6 Å². The van der Waals surface area contributed by atoms with Gasteiger partial charge in [0.15, 0.2) is 4.60 Å². The van der Waals surface area contributed by atoms with Gasteiger partial charge in [-0.3, -0.25) is 4.98 Å². The van der Waals surface area contributed by atoms with Crippen LogP contribution in [0.2, 0.25) is 0 Å². The second-order valence-corrected chi connectivity index (χ2v) is 7.51. The summed E-state index contributed by atoms with van der Waals surface area (Å²) in [5.74, 6) is 0. The fraction of sp³-hybridized carbons (Fsp3) is 0.417. The molecule has 1 aliphatic carbocycles. The molecule has 0 spiro atoms. The number of halogens is 1. The van der Waals surface area contributed by atoms with Gasteiger partial charge in [-0.05, 0) is 40.4 Å². The SMILES string of the molecule is Cn1nnc(Br)c1S(=O)(=O)N(Cc1cccnc1)C1CC1. The Bertz CT molecular complexity index is 723. The molecule has 2 heterocycles. The summed E-state index contributed by atoms with van der Waals surface area (Å²) in [5.41, 5.74) is 0.860. The number of rotatable bonds is 5. The van der Waals surface area contributed by atoms with E-state index >= 15 is 0 Å². The van der Waals surface area contributed by atoms with E-state index in [0.717, 1.165) is 18.4 Å². The highest BCUT2D eigenvalue weighted by Crippen LogP contribution is 2.34. The molecule has 1 aliphatic rings. The summed E-state index contributed by atoms with van der Waals surface area (Å²) in [5, 5.41) is 7.60. The van der Waals surface area contributed by atoms with Gasteiger partial charge in [0.25, 0.3) is 10.0 Å². The highest BCUT2D eigenvalue weighted by Gasteiger charge is 2.40. The Morgan fingerprint density at radius 3 is 2.76 bits per heavy atom. The third-order valence-electron chi connectivity index (χ3n) is 3.31. The number of aryl methyl sites for hydroxylation is 1. The van der Waals surface area contributed by atoms with Gasteiger partial charge < -0.3 is 0 Å². The van der Waals surface area contributed by atoms with E-state index in [9.17, 15) is 8.42 Å². The summed E-state index contributed by atoms with van der Waals surface area (Å²) in [4.78, 5) is 4.04. The largest absolute Gasteiger partial charge is 0.264 e. The van der Waals surface area contributed by atoms with Crippen molar-refractivity contribution in [2.45, 2.75) is 30.5 Å². The van der Waals surface area contributed by atoms with Gasteiger partial charge in [-0.1, -0.05) is 11.3 Å². The molecule has 1 fully saturated rings. The summed E-state index contributed by atoms with van der Waals surface area (Å²) in [6.45, 7) is 0.304. The zero-order valence-corrected chi connectivity index (χ0v) is 13.7. The van der Waals surface area contributed by atoms with Gasteiger partial charge >= 0.3 is 0 Å². The number of sulfonamides is 1. The Morgan fingerprint density at radius 2 is 2.24 bits per heavy atom. The van der Waals surface area contributed by atoms with Crippen LogP contribution in [0, 0.1) is 0 Å². The lowest BCUT2D eigenvalue weighted by atomic mass is 10.3. The van der Waals surface area contributed by atoms with Crippen molar-refractivity contribution in [2.24, 2.45) is 7.05 Å². The molecule has 2 aromatic rings. The van der Waals surface area contributed by atoms with Gasteiger partial charge in [0, 0.05) is 32.0 Å². The highest BCUT2D eigenvalue weighted by molar-refractivity contribution is 9.10. The van der Waals surface area contributed by atoms with Crippen LogP contribution in [0.5, 0.6) is 0 Å². The van der Waals surface area contributed by atoms with Crippen molar-refractivity contribution in [2.75, 3.05) is 0 Å². The van der Waals surface area contributed by atoms with E-state index < -0.39 is 10.0 Å². The van der Waals surface area contributed by atoms with Crippen molar-refractivity contribution in [3.05, 3.63) is 34.7 Å². The Kier molecular flexibility index (Phi) is 3.80. The van der Waals surface area contributed by atoms with E-state index in [4.69, 9.17) is 0 Å². The minimum atomic E-state index is -3.66. The molecule has 0 atom stereocenters. The van der Waals surface area contributed by atoms with Crippen LogP contribution in [0.1, 0.15) is 18.4 Å². The zero-order valence-electron chi connectivity index (χ0n) is 11.3. The molecule has 3 rings (SSSR count). The Morgan fingerprint density at radius 1 is 1.48 bits per heavy atom. The fourth-order valence-electron chi connectivity index (χ4n) is 2.15. The zero-order chi connectivity index (χ0) is 15.0. The van der Waals surface area contributed by atoms with Crippen LogP contribution < -0.4 is 0 Å². The lowest BCUT2D eigenvalue weighted by Crippen LogP contribution is -2.34. The van der Waals surface area contributed by atoms with Gasteiger partial charge in [0.05, 0.1) is 0 Å². The monoisotopic (exact) mass is 371 g/mol. The molecule has 1 saturated carbocycles. The molecule has 21 heavy (non-hydrogen) atoms. The van der Waals surface area contributed by atoms with Crippen molar-refractivity contribution in [1.29, 1.82) is 0 Å². The Labute approximate surface area is 131 Å². The topological polar surface area (TPSA) is 81.0 Å². The molecule has 0 unspecified atom stereocenters. The minimum absolute atomic E-state index is 0.0389.